The Labute approximate surface area is 181 Å². The molecule has 5 nitrogen and oxygen atoms in total. The van der Waals surface area contributed by atoms with E-state index in [1.54, 1.807) is 17.4 Å². The molecule has 1 N–H and O–H groups in total. The minimum absolute atomic E-state index is 0.112. The van der Waals surface area contributed by atoms with E-state index < -0.39 is 5.97 Å². The van der Waals surface area contributed by atoms with Crippen molar-refractivity contribution in [3.63, 3.8) is 0 Å². The lowest BCUT2D eigenvalue weighted by Gasteiger charge is -2.18. The van der Waals surface area contributed by atoms with Crippen LogP contribution in [0.4, 0.5) is 0 Å². The lowest BCUT2D eigenvalue weighted by atomic mass is 9.87. The van der Waals surface area contributed by atoms with Crippen molar-refractivity contribution in [1.29, 1.82) is 0 Å². The molecule has 0 spiro atoms. The standard InChI is InChI=1S/C24H28N2O3S/c1-15-19(23(27)28)12-21(26(15)13-18-6-5-11-29-18)20-14-30-22(25-20)16-7-9-17(10-8-16)24(2,3)4/h7-10,12,14,18H,5-6,11,13H2,1-4H3,(H,27,28). The lowest BCUT2D eigenvalue weighted by molar-refractivity contribution is 0.0694. The van der Waals surface area contributed by atoms with Crippen LogP contribution in [0.25, 0.3) is 22.0 Å². The van der Waals surface area contributed by atoms with Gasteiger partial charge in [0.05, 0.1) is 23.1 Å². The molecule has 0 bridgehead atoms. The number of nitrogens with zero attached hydrogens (tertiary/aromatic N) is 2. The third-order valence-electron chi connectivity index (χ3n) is 5.77. The summed E-state index contributed by atoms with van der Waals surface area (Å²) in [6, 6.07) is 10.3. The molecule has 0 aliphatic carbocycles. The van der Waals surface area contributed by atoms with Gasteiger partial charge < -0.3 is 14.4 Å². The number of carboxylic acid groups (broad SMARTS) is 1. The topological polar surface area (TPSA) is 64.3 Å². The Kier molecular flexibility index (Phi) is 5.55. The smallest absolute Gasteiger partial charge is 0.337 e. The minimum Gasteiger partial charge on any atom is -0.478 e. The van der Waals surface area contributed by atoms with Crippen molar-refractivity contribution >= 4 is 17.3 Å². The quantitative estimate of drug-likeness (QED) is 0.565. The van der Waals surface area contributed by atoms with Crippen molar-refractivity contribution in [2.75, 3.05) is 6.61 Å². The number of carboxylic acids is 1. The highest BCUT2D eigenvalue weighted by atomic mass is 32.1. The molecule has 4 rings (SSSR count). The summed E-state index contributed by atoms with van der Waals surface area (Å²) in [5, 5.41) is 12.6. The Morgan fingerprint density at radius 3 is 2.63 bits per heavy atom. The highest BCUT2D eigenvalue weighted by Crippen LogP contribution is 2.33. The van der Waals surface area contributed by atoms with E-state index in [4.69, 9.17) is 9.72 Å². The van der Waals surface area contributed by atoms with Gasteiger partial charge in [-0.15, -0.1) is 11.3 Å². The van der Waals surface area contributed by atoms with Gasteiger partial charge in [0.1, 0.15) is 5.01 Å². The first kappa shape index (κ1) is 20.8. The van der Waals surface area contributed by atoms with Crippen molar-refractivity contribution in [1.82, 2.24) is 9.55 Å². The Hall–Kier alpha value is -2.44. The predicted molar refractivity (Wildman–Crippen MR) is 120 cm³/mol. The zero-order valence-electron chi connectivity index (χ0n) is 17.9. The van der Waals surface area contributed by atoms with Crippen LogP contribution in [0.15, 0.2) is 35.7 Å². The van der Waals surface area contributed by atoms with Crippen molar-refractivity contribution in [2.24, 2.45) is 0 Å². The SMILES string of the molecule is Cc1c(C(=O)O)cc(-c2csc(-c3ccc(C(C)(C)C)cc3)n2)n1CC1CCCO1. The van der Waals surface area contributed by atoms with Gasteiger partial charge in [-0.25, -0.2) is 9.78 Å². The molecule has 1 unspecified atom stereocenters. The molecule has 0 amide bonds. The van der Waals surface area contributed by atoms with E-state index in [0.29, 0.717) is 12.1 Å². The fourth-order valence-corrected chi connectivity index (χ4v) is 4.76. The first-order chi connectivity index (χ1) is 14.2. The highest BCUT2D eigenvalue weighted by Gasteiger charge is 2.24. The van der Waals surface area contributed by atoms with Gasteiger partial charge in [0, 0.05) is 29.8 Å². The number of hydrogen-bond donors (Lipinski definition) is 1. The van der Waals surface area contributed by atoms with Crippen LogP contribution in [0.2, 0.25) is 0 Å². The van der Waals surface area contributed by atoms with Gasteiger partial charge in [-0.1, -0.05) is 45.0 Å². The molecule has 2 aromatic heterocycles. The number of carbonyl (C=O) groups is 1. The maximum Gasteiger partial charge on any atom is 0.337 e. The van der Waals surface area contributed by atoms with Gasteiger partial charge in [-0.2, -0.15) is 0 Å². The molecule has 6 heteroatoms. The second-order valence-electron chi connectivity index (χ2n) is 8.94. The largest absolute Gasteiger partial charge is 0.478 e. The summed E-state index contributed by atoms with van der Waals surface area (Å²) < 4.78 is 7.86. The zero-order valence-corrected chi connectivity index (χ0v) is 18.8. The molecular weight excluding hydrogens is 396 g/mol. The van der Waals surface area contributed by atoms with Gasteiger partial charge in [-0.05, 0) is 36.8 Å². The van der Waals surface area contributed by atoms with Crippen LogP contribution >= 0.6 is 11.3 Å². The molecule has 1 aliphatic heterocycles. The van der Waals surface area contributed by atoms with Gasteiger partial charge in [0.25, 0.3) is 0 Å². The van der Waals surface area contributed by atoms with Crippen LogP contribution in [0, 0.1) is 6.92 Å². The summed E-state index contributed by atoms with van der Waals surface area (Å²) in [4.78, 5) is 16.6. The summed E-state index contributed by atoms with van der Waals surface area (Å²) in [5.41, 5.74) is 5.20. The molecule has 1 aromatic carbocycles. The normalized spacial score (nSPS) is 16.9. The highest BCUT2D eigenvalue weighted by molar-refractivity contribution is 7.13. The number of ether oxygens (including phenoxy) is 1. The number of hydrogen-bond acceptors (Lipinski definition) is 4. The Balaban J connectivity index is 1.68. The van der Waals surface area contributed by atoms with E-state index in [1.165, 1.54) is 5.56 Å². The van der Waals surface area contributed by atoms with E-state index in [-0.39, 0.29) is 11.5 Å². The van der Waals surface area contributed by atoms with Crippen LogP contribution in [0.1, 0.15) is 55.2 Å². The Morgan fingerprint density at radius 2 is 2.03 bits per heavy atom. The number of aromatic nitrogens is 2. The molecule has 1 aliphatic rings. The van der Waals surface area contributed by atoms with E-state index in [9.17, 15) is 9.90 Å². The summed E-state index contributed by atoms with van der Waals surface area (Å²) in [5.74, 6) is -0.909. The van der Waals surface area contributed by atoms with Gasteiger partial charge in [0.15, 0.2) is 0 Å². The average molecular weight is 425 g/mol. The van der Waals surface area contributed by atoms with E-state index in [0.717, 1.165) is 47.1 Å². The number of aromatic carboxylic acids is 1. The third kappa shape index (κ3) is 4.07. The molecule has 158 valence electrons. The molecule has 0 radical (unpaired) electrons. The van der Waals surface area contributed by atoms with Crippen LogP contribution in [-0.2, 0) is 16.7 Å². The molecule has 3 aromatic rings. The van der Waals surface area contributed by atoms with E-state index in [1.807, 2.05) is 12.3 Å². The van der Waals surface area contributed by atoms with E-state index in [2.05, 4.69) is 49.6 Å². The lowest BCUT2D eigenvalue weighted by Crippen LogP contribution is -2.17. The number of thiazole rings is 1. The molecule has 30 heavy (non-hydrogen) atoms. The van der Waals surface area contributed by atoms with Crippen molar-refractivity contribution in [2.45, 2.75) is 58.6 Å². The van der Waals surface area contributed by atoms with Crippen molar-refractivity contribution in [3.05, 3.63) is 52.5 Å². The van der Waals surface area contributed by atoms with E-state index >= 15 is 0 Å². The maximum atomic E-state index is 11.7. The molecule has 1 atom stereocenters. The van der Waals surface area contributed by atoms with Crippen LogP contribution in [-0.4, -0.2) is 33.3 Å². The molecular formula is C24H28N2O3S. The van der Waals surface area contributed by atoms with Crippen LogP contribution in [0.3, 0.4) is 0 Å². The summed E-state index contributed by atoms with van der Waals surface area (Å²) in [6.45, 7) is 9.90. The second kappa shape index (κ2) is 8.00. The molecule has 3 heterocycles. The number of rotatable bonds is 5. The van der Waals surface area contributed by atoms with Crippen molar-refractivity contribution < 1.29 is 14.6 Å². The molecule has 1 saturated heterocycles. The Bertz CT molecular complexity index is 1050. The monoisotopic (exact) mass is 424 g/mol. The van der Waals surface area contributed by atoms with Crippen molar-refractivity contribution in [3.8, 4) is 22.0 Å². The number of benzene rings is 1. The molecule has 0 saturated carbocycles. The summed E-state index contributed by atoms with van der Waals surface area (Å²) >= 11 is 1.58. The second-order valence-corrected chi connectivity index (χ2v) is 9.80. The van der Waals surface area contributed by atoms with Gasteiger partial charge >= 0.3 is 5.97 Å². The first-order valence-corrected chi connectivity index (χ1v) is 11.2. The van der Waals surface area contributed by atoms with Gasteiger partial charge in [0.2, 0.25) is 0 Å². The average Bonchev–Trinajstić information content (AvgIpc) is 3.43. The van der Waals surface area contributed by atoms with Gasteiger partial charge in [-0.3, -0.25) is 0 Å². The first-order valence-electron chi connectivity index (χ1n) is 10.4. The van der Waals surface area contributed by atoms with Crippen LogP contribution < -0.4 is 0 Å². The fourth-order valence-electron chi connectivity index (χ4n) is 3.94. The predicted octanol–water partition coefficient (Wildman–Crippen LogP) is 5.76. The Morgan fingerprint density at radius 1 is 1.30 bits per heavy atom. The zero-order chi connectivity index (χ0) is 21.5. The third-order valence-corrected chi connectivity index (χ3v) is 6.66. The summed E-state index contributed by atoms with van der Waals surface area (Å²) in [6.07, 6.45) is 2.18. The summed E-state index contributed by atoms with van der Waals surface area (Å²) in [7, 11) is 0. The maximum absolute atomic E-state index is 11.7. The fraction of sp³-hybridized carbons (Fsp3) is 0.417. The molecule has 1 fully saturated rings. The minimum atomic E-state index is -0.909. The van der Waals surface area contributed by atoms with Crippen LogP contribution in [0.5, 0.6) is 0 Å².